The van der Waals surface area contributed by atoms with Crippen LogP contribution in [0.25, 0.3) is 0 Å². The van der Waals surface area contributed by atoms with Crippen LogP contribution in [0.3, 0.4) is 0 Å². The topological polar surface area (TPSA) is 90.9 Å². The average molecular weight is 452 g/mol. The summed E-state index contributed by atoms with van der Waals surface area (Å²) < 4.78 is 15.1. The Labute approximate surface area is 183 Å². The number of carbonyl (C=O) groups excluding carboxylic acids is 3. The second kappa shape index (κ2) is 9.95. The molecule has 1 unspecified atom stereocenters. The van der Waals surface area contributed by atoms with Crippen LogP contribution in [0.5, 0.6) is 5.75 Å². The number of rotatable bonds is 7. The molecule has 2 aromatic rings. The summed E-state index contributed by atoms with van der Waals surface area (Å²) in [6.45, 7) is 1.33. The number of halogens is 1. The average Bonchev–Trinajstić information content (AvgIpc) is 3.07. The number of hydrogen-bond donors (Lipinski definition) is 1. The zero-order valence-corrected chi connectivity index (χ0v) is 18.2. The van der Waals surface area contributed by atoms with E-state index in [0.717, 1.165) is 29.7 Å². The number of amides is 1. The maximum Gasteiger partial charge on any atom is 0.344 e. The van der Waals surface area contributed by atoms with E-state index < -0.39 is 24.5 Å². The van der Waals surface area contributed by atoms with Crippen molar-refractivity contribution in [3.8, 4) is 5.75 Å². The van der Waals surface area contributed by atoms with Crippen LogP contribution < -0.4 is 10.1 Å². The van der Waals surface area contributed by atoms with Crippen LogP contribution in [-0.4, -0.2) is 38.2 Å². The van der Waals surface area contributed by atoms with Crippen molar-refractivity contribution in [1.29, 1.82) is 0 Å². The standard InChI is InChI=1S/C21H22ClNO6S/c1-12-3-8-15-16(9-12)30-20(19(15)21(26)27-2)23-17(24)10-29-18(25)11-28-14-6-4-13(22)5-7-14/h4-7,12H,3,8-11H2,1-2H3,(H,23,24). The molecule has 0 saturated carbocycles. The Morgan fingerprint density at radius 1 is 1.20 bits per heavy atom. The van der Waals surface area contributed by atoms with Crippen molar-refractivity contribution in [3.05, 3.63) is 45.3 Å². The van der Waals surface area contributed by atoms with E-state index >= 15 is 0 Å². The Balaban J connectivity index is 1.56. The van der Waals surface area contributed by atoms with Crippen molar-refractivity contribution in [3.63, 3.8) is 0 Å². The minimum absolute atomic E-state index is 0.340. The van der Waals surface area contributed by atoms with Crippen LogP contribution in [0.15, 0.2) is 24.3 Å². The van der Waals surface area contributed by atoms with E-state index in [1.54, 1.807) is 24.3 Å². The van der Waals surface area contributed by atoms with Crippen LogP contribution in [0.4, 0.5) is 5.00 Å². The summed E-state index contributed by atoms with van der Waals surface area (Å²) in [6.07, 6.45) is 2.60. The van der Waals surface area contributed by atoms with E-state index in [2.05, 4.69) is 12.2 Å². The molecule has 160 valence electrons. The lowest BCUT2D eigenvalue weighted by Crippen LogP contribution is -2.24. The summed E-state index contributed by atoms with van der Waals surface area (Å²) in [6, 6.07) is 6.51. The number of esters is 2. The second-order valence-electron chi connectivity index (χ2n) is 7.00. The Hall–Kier alpha value is -2.58. The van der Waals surface area contributed by atoms with Gasteiger partial charge in [0.1, 0.15) is 10.8 Å². The van der Waals surface area contributed by atoms with Crippen molar-refractivity contribution in [2.24, 2.45) is 5.92 Å². The van der Waals surface area contributed by atoms with E-state index in [-0.39, 0.29) is 6.61 Å². The molecule has 0 aliphatic heterocycles. The summed E-state index contributed by atoms with van der Waals surface area (Å²) in [4.78, 5) is 37.5. The van der Waals surface area contributed by atoms with Crippen LogP contribution in [-0.2, 0) is 31.9 Å². The minimum Gasteiger partial charge on any atom is -0.482 e. The van der Waals surface area contributed by atoms with E-state index in [1.165, 1.54) is 18.4 Å². The number of fused-ring (bicyclic) bond motifs is 1. The highest BCUT2D eigenvalue weighted by molar-refractivity contribution is 7.17. The number of thiophene rings is 1. The molecule has 9 heteroatoms. The highest BCUT2D eigenvalue weighted by Crippen LogP contribution is 2.40. The van der Waals surface area contributed by atoms with Gasteiger partial charge in [0.2, 0.25) is 0 Å². The number of hydrogen-bond acceptors (Lipinski definition) is 7. The lowest BCUT2D eigenvalue weighted by molar-refractivity contribution is -0.149. The molecule has 0 spiro atoms. The molecule has 1 amide bonds. The predicted octanol–water partition coefficient (Wildman–Crippen LogP) is 3.87. The molecular weight excluding hydrogens is 430 g/mol. The zero-order valence-electron chi connectivity index (χ0n) is 16.7. The number of anilines is 1. The summed E-state index contributed by atoms with van der Waals surface area (Å²) >= 11 is 7.16. The summed E-state index contributed by atoms with van der Waals surface area (Å²) in [7, 11) is 1.31. The molecule has 0 saturated heterocycles. The fourth-order valence-electron chi connectivity index (χ4n) is 3.18. The van der Waals surface area contributed by atoms with Crippen molar-refractivity contribution in [1.82, 2.24) is 0 Å². The number of benzene rings is 1. The first-order chi connectivity index (χ1) is 14.4. The van der Waals surface area contributed by atoms with Gasteiger partial charge in [-0.05, 0) is 55.0 Å². The van der Waals surface area contributed by atoms with Crippen molar-refractivity contribution >= 4 is 45.8 Å². The fraction of sp³-hybridized carbons (Fsp3) is 0.381. The number of methoxy groups -OCH3 is 1. The minimum atomic E-state index is -0.687. The Morgan fingerprint density at radius 3 is 2.63 bits per heavy atom. The second-order valence-corrected chi connectivity index (χ2v) is 8.54. The van der Waals surface area contributed by atoms with E-state index in [0.29, 0.717) is 27.3 Å². The normalized spacial score (nSPS) is 15.1. The third-order valence-electron chi connectivity index (χ3n) is 4.69. The third kappa shape index (κ3) is 5.52. The molecule has 1 aromatic carbocycles. The van der Waals surface area contributed by atoms with E-state index in [4.69, 9.17) is 25.8 Å². The molecule has 0 fully saturated rings. The van der Waals surface area contributed by atoms with Crippen LogP contribution in [0, 0.1) is 5.92 Å². The maximum atomic E-state index is 12.3. The SMILES string of the molecule is COC(=O)c1c(NC(=O)COC(=O)COc2ccc(Cl)cc2)sc2c1CCC(C)C2. The first-order valence-corrected chi connectivity index (χ1v) is 10.6. The number of carbonyl (C=O) groups is 3. The van der Waals surface area contributed by atoms with Gasteiger partial charge in [-0.2, -0.15) is 0 Å². The van der Waals surface area contributed by atoms with Crippen molar-refractivity contribution in [2.75, 3.05) is 25.6 Å². The Morgan fingerprint density at radius 2 is 1.93 bits per heavy atom. The molecule has 1 aliphatic rings. The molecule has 7 nitrogen and oxygen atoms in total. The predicted molar refractivity (Wildman–Crippen MR) is 113 cm³/mol. The molecule has 1 aliphatic carbocycles. The van der Waals surface area contributed by atoms with Crippen molar-refractivity contribution < 1.29 is 28.6 Å². The lowest BCUT2D eigenvalue weighted by atomic mass is 9.88. The molecule has 0 radical (unpaired) electrons. The summed E-state index contributed by atoms with van der Waals surface area (Å²) in [5.74, 6) is -0.723. The molecule has 3 rings (SSSR count). The van der Waals surface area contributed by atoms with Gasteiger partial charge in [0.25, 0.3) is 5.91 Å². The zero-order chi connectivity index (χ0) is 21.7. The monoisotopic (exact) mass is 451 g/mol. The molecule has 30 heavy (non-hydrogen) atoms. The molecule has 1 atom stereocenters. The fourth-order valence-corrected chi connectivity index (χ4v) is 4.72. The third-order valence-corrected chi connectivity index (χ3v) is 6.11. The number of nitrogens with one attached hydrogen (secondary N) is 1. The van der Waals surface area contributed by atoms with Gasteiger partial charge in [-0.3, -0.25) is 4.79 Å². The lowest BCUT2D eigenvalue weighted by Gasteiger charge is -2.18. The molecule has 1 aromatic heterocycles. The van der Waals surface area contributed by atoms with Gasteiger partial charge >= 0.3 is 11.9 Å². The van der Waals surface area contributed by atoms with Gasteiger partial charge in [-0.1, -0.05) is 18.5 Å². The highest BCUT2D eigenvalue weighted by Gasteiger charge is 2.29. The van der Waals surface area contributed by atoms with Gasteiger partial charge in [0.15, 0.2) is 13.2 Å². The first kappa shape index (κ1) is 22.1. The van der Waals surface area contributed by atoms with Gasteiger partial charge in [0, 0.05) is 9.90 Å². The van der Waals surface area contributed by atoms with Gasteiger partial charge in [-0.25, -0.2) is 9.59 Å². The summed E-state index contributed by atoms with van der Waals surface area (Å²) in [5, 5.41) is 3.66. The Bertz CT molecular complexity index is 940. The summed E-state index contributed by atoms with van der Waals surface area (Å²) in [5.41, 5.74) is 1.34. The molecule has 1 heterocycles. The molecule has 0 bridgehead atoms. The van der Waals surface area contributed by atoms with Gasteiger partial charge in [-0.15, -0.1) is 11.3 Å². The van der Waals surface area contributed by atoms with E-state index in [1.807, 2.05) is 0 Å². The Kier molecular flexibility index (Phi) is 7.33. The maximum absolute atomic E-state index is 12.3. The van der Waals surface area contributed by atoms with Gasteiger partial charge in [0.05, 0.1) is 12.7 Å². The van der Waals surface area contributed by atoms with Crippen LogP contribution >= 0.6 is 22.9 Å². The van der Waals surface area contributed by atoms with Crippen molar-refractivity contribution in [2.45, 2.75) is 26.2 Å². The highest BCUT2D eigenvalue weighted by atomic mass is 35.5. The van der Waals surface area contributed by atoms with Crippen LogP contribution in [0.2, 0.25) is 5.02 Å². The van der Waals surface area contributed by atoms with Crippen LogP contribution in [0.1, 0.15) is 34.1 Å². The smallest absolute Gasteiger partial charge is 0.344 e. The van der Waals surface area contributed by atoms with E-state index in [9.17, 15) is 14.4 Å². The quantitative estimate of drug-likeness (QED) is 0.642. The molecular formula is C21H22ClNO6S. The first-order valence-electron chi connectivity index (χ1n) is 9.44. The molecule has 1 N–H and O–H groups in total. The largest absolute Gasteiger partial charge is 0.482 e. The number of ether oxygens (including phenoxy) is 3. The van der Waals surface area contributed by atoms with Gasteiger partial charge < -0.3 is 19.5 Å².